The van der Waals surface area contributed by atoms with Crippen LogP contribution in [-0.4, -0.2) is 24.8 Å². The van der Waals surface area contributed by atoms with Crippen LogP contribution in [0.4, 0.5) is 0 Å². The molecule has 0 bridgehead atoms. The Morgan fingerprint density at radius 1 is 1.35 bits per heavy atom. The van der Waals surface area contributed by atoms with Crippen molar-refractivity contribution in [1.29, 1.82) is 0 Å². The predicted octanol–water partition coefficient (Wildman–Crippen LogP) is 1.85. The highest BCUT2D eigenvalue weighted by atomic mass is 127. The Labute approximate surface area is 147 Å². The van der Waals surface area contributed by atoms with Crippen LogP contribution in [0, 0.1) is 10.6 Å². The highest BCUT2D eigenvalue weighted by Crippen LogP contribution is 2.22. The second kappa shape index (κ2) is 6.49. The molecule has 118 valence electrons. The van der Waals surface area contributed by atoms with Gasteiger partial charge in [-0.3, -0.25) is 0 Å². The van der Waals surface area contributed by atoms with Gasteiger partial charge in [-0.1, -0.05) is 18.2 Å². The summed E-state index contributed by atoms with van der Waals surface area (Å²) in [6.45, 7) is 2.11. The lowest BCUT2D eigenvalue weighted by atomic mass is 10.2. The SMILES string of the molecule is [3H]c1ccc(OCc2c(-n3nnn(C)c3=O)ccnc2I)c(C)c1. The monoisotopic (exact) mass is 425 g/mol. The molecule has 0 spiro atoms. The number of nitrogens with zero attached hydrogens (tertiary/aromatic N) is 5. The van der Waals surface area contributed by atoms with Crippen molar-refractivity contribution < 1.29 is 6.11 Å². The fraction of sp³-hybridized carbons (Fsp3) is 0.200. The van der Waals surface area contributed by atoms with Gasteiger partial charge in [0, 0.05) is 18.8 Å². The van der Waals surface area contributed by atoms with E-state index in [1.54, 1.807) is 37.5 Å². The molecule has 2 heterocycles. The van der Waals surface area contributed by atoms with Gasteiger partial charge in [-0.05, 0) is 57.6 Å². The first kappa shape index (κ1) is 14.4. The number of para-hydroxylation sites is 1. The molecule has 2 aromatic heterocycles. The van der Waals surface area contributed by atoms with Gasteiger partial charge in [-0.25, -0.2) is 9.78 Å². The van der Waals surface area contributed by atoms with Crippen molar-refractivity contribution in [2.75, 3.05) is 0 Å². The average Bonchev–Trinajstić information content (AvgIpc) is 2.87. The molecule has 0 aliphatic carbocycles. The summed E-state index contributed by atoms with van der Waals surface area (Å²) >= 11 is 2.10. The van der Waals surface area contributed by atoms with Gasteiger partial charge in [0.15, 0.2) is 0 Å². The van der Waals surface area contributed by atoms with Crippen molar-refractivity contribution in [3.05, 3.63) is 61.8 Å². The number of pyridine rings is 1. The van der Waals surface area contributed by atoms with Gasteiger partial charge in [0.25, 0.3) is 0 Å². The lowest BCUT2D eigenvalue weighted by Crippen LogP contribution is -2.23. The maximum absolute atomic E-state index is 12.1. The van der Waals surface area contributed by atoms with Gasteiger partial charge in [0.1, 0.15) is 16.1 Å². The summed E-state index contributed by atoms with van der Waals surface area (Å²) in [5.41, 5.74) is 1.87. The summed E-state index contributed by atoms with van der Waals surface area (Å²) in [6, 6.07) is 7.30. The van der Waals surface area contributed by atoms with E-state index in [0.29, 0.717) is 17.5 Å². The molecule has 0 amide bonds. The van der Waals surface area contributed by atoms with Crippen LogP contribution in [0.25, 0.3) is 5.69 Å². The zero-order chi connectivity index (χ0) is 17.3. The Bertz CT molecular complexity index is 953. The van der Waals surface area contributed by atoms with Crippen LogP contribution in [0.5, 0.6) is 5.75 Å². The summed E-state index contributed by atoms with van der Waals surface area (Å²) in [5, 5.41) is 7.62. The highest BCUT2D eigenvalue weighted by molar-refractivity contribution is 14.1. The molecule has 0 aliphatic heterocycles. The number of tetrazole rings is 1. The predicted molar refractivity (Wildman–Crippen MR) is 92.6 cm³/mol. The van der Waals surface area contributed by atoms with Gasteiger partial charge in [0.2, 0.25) is 0 Å². The van der Waals surface area contributed by atoms with Crippen LogP contribution in [0.3, 0.4) is 0 Å². The van der Waals surface area contributed by atoms with E-state index in [2.05, 4.69) is 38.0 Å². The molecule has 8 heteroatoms. The fourth-order valence-corrected chi connectivity index (χ4v) is 2.66. The fourth-order valence-electron chi connectivity index (χ4n) is 2.07. The zero-order valence-electron chi connectivity index (χ0n) is 13.5. The van der Waals surface area contributed by atoms with Crippen LogP contribution < -0.4 is 10.4 Å². The lowest BCUT2D eigenvalue weighted by Gasteiger charge is -2.12. The Kier molecular flexibility index (Phi) is 4.05. The topological polar surface area (TPSA) is 74.8 Å². The Morgan fingerprint density at radius 2 is 2.17 bits per heavy atom. The van der Waals surface area contributed by atoms with Gasteiger partial charge in [-0.15, -0.1) is 0 Å². The third-order valence-electron chi connectivity index (χ3n) is 3.32. The molecule has 0 fully saturated rings. The van der Waals surface area contributed by atoms with E-state index in [0.717, 1.165) is 19.5 Å². The first-order valence-corrected chi connectivity index (χ1v) is 7.88. The molecule has 7 nitrogen and oxygen atoms in total. The van der Waals surface area contributed by atoms with Crippen LogP contribution in [0.1, 0.15) is 12.5 Å². The van der Waals surface area contributed by atoms with Crippen LogP contribution in [0.15, 0.2) is 41.3 Å². The minimum absolute atomic E-state index is 0.225. The lowest BCUT2D eigenvalue weighted by molar-refractivity contribution is 0.302. The number of hydrogen-bond donors (Lipinski definition) is 0. The van der Waals surface area contributed by atoms with E-state index < -0.39 is 0 Å². The van der Waals surface area contributed by atoms with E-state index in [-0.39, 0.29) is 12.3 Å². The van der Waals surface area contributed by atoms with Crippen LogP contribution >= 0.6 is 22.6 Å². The number of benzene rings is 1. The summed E-state index contributed by atoms with van der Waals surface area (Å²) in [4.78, 5) is 16.4. The number of ether oxygens (including phenoxy) is 1. The number of hydrogen-bond acceptors (Lipinski definition) is 5. The first-order valence-electron chi connectivity index (χ1n) is 7.30. The Balaban J connectivity index is 1.96. The first-order chi connectivity index (χ1) is 11.5. The Morgan fingerprint density at radius 3 is 2.87 bits per heavy atom. The Hall–Kier alpha value is -2.23. The molecule has 0 saturated carbocycles. The van der Waals surface area contributed by atoms with Crippen molar-refractivity contribution in [2.45, 2.75) is 13.5 Å². The molecular formula is C15H14IN5O2. The molecule has 0 saturated heterocycles. The van der Waals surface area contributed by atoms with E-state index in [9.17, 15) is 4.79 Å². The van der Waals surface area contributed by atoms with E-state index >= 15 is 0 Å². The van der Waals surface area contributed by atoms with Crippen LogP contribution in [-0.2, 0) is 13.7 Å². The molecule has 0 atom stereocenters. The molecule has 0 N–H and O–H groups in total. The second-order valence-corrected chi connectivity index (χ2v) is 5.90. The van der Waals surface area contributed by atoms with Crippen molar-refractivity contribution >= 4 is 22.6 Å². The quantitative estimate of drug-likeness (QED) is 0.471. The van der Waals surface area contributed by atoms with E-state index in [4.69, 9.17) is 6.11 Å². The molecule has 0 unspecified atom stereocenters. The minimum Gasteiger partial charge on any atom is -0.488 e. The smallest absolute Gasteiger partial charge is 0.368 e. The van der Waals surface area contributed by atoms with Gasteiger partial charge in [0.05, 0.1) is 7.06 Å². The van der Waals surface area contributed by atoms with Crippen molar-refractivity contribution in [3.8, 4) is 11.4 Å². The normalized spacial score (nSPS) is 11.3. The van der Waals surface area contributed by atoms with Crippen LogP contribution in [0.2, 0.25) is 0 Å². The summed E-state index contributed by atoms with van der Waals surface area (Å²) in [7, 11) is 1.54. The zero-order valence-corrected chi connectivity index (χ0v) is 14.7. The minimum atomic E-state index is -0.340. The second-order valence-electron chi connectivity index (χ2n) is 4.88. The number of rotatable bonds is 4. The maximum Gasteiger partial charge on any atom is 0.368 e. The summed E-state index contributed by atoms with van der Waals surface area (Å²) in [6.07, 6.45) is 1.61. The largest absolute Gasteiger partial charge is 0.488 e. The molecule has 0 aliphatic rings. The number of aryl methyl sites for hydroxylation is 2. The molecule has 0 radical (unpaired) electrons. The van der Waals surface area contributed by atoms with Crippen molar-refractivity contribution in [1.82, 2.24) is 24.8 Å². The number of aromatic nitrogens is 5. The molecule has 3 rings (SSSR count). The molecular weight excluding hydrogens is 409 g/mol. The third-order valence-corrected chi connectivity index (χ3v) is 4.25. The van der Waals surface area contributed by atoms with Crippen molar-refractivity contribution in [2.24, 2.45) is 7.05 Å². The van der Waals surface area contributed by atoms with Gasteiger partial charge < -0.3 is 4.74 Å². The highest BCUT2D eigenvalue weighted by Gasteiger charge is 2.15. The molecule has 1 aromatic carbocycles. The molecule has 23 heavy (non-hydrogen) atoms. The maximum atomic E-state index is 12.1. The summed E-state index contributed by atoms with van der Waals surface area (Å²) in [5.74, 6) is 0.683. The van der Waals surface area contributed by atoms with Crippen molar-refractivity contribution in [3.63, 3.8) is 0 Å². The standard InChI is InChI=1S/C15H14IN5O2/c1-10-5-3-4-6-13(10)23-9-11-12(7-8-17-14(11)16)21-15(22)20(2)18-19-21/h3-8H,9H2,1-2H3/i3T. The molecule has 3 aromatic rings. The average molecular weight is 425 g/mol. The van der Waals surface area contributed by atoms with Gasteiger partial charge in [-0.2, -0.15) is 9.36 Å². The summed E-state index contributed by atoms with van der Waals surface area (Å²) < 4.78 is 16.6. The van der Waals surface area contributed by atoms with E-state index in [1.807, 2.05) is 6.92 Å². The van der Waals surface area contributed by atoms with E-state index in [1.165, 1.54) is 4.68 Å². The van der Waals surface area contributed by atoms with Gasteiger partial charge >= 0.3 is 5.69 Å². The number of halogens is 1. The third kappa shape index (κ3) is 3.11.